The molecule has 0 radical (unpaired) electrons. The van der Waals surface area contributed by atoms with Crippen LogP contribution >= 0.6 is 0 Å². The van der Waals surface area contributed by atoms with E-state index >= 15 is 0 Å². The lowest BCUT2D eigenvalue weighted by Crippen LogP contribution is -2.02. The van der Waals surface area contributed by atoms with Gasteiger partial charge in [0, 0.05) is 11.1 Å². The van der Waals surface area contributed by atoms with Crippen LogP contribution in [-0.2, 0) is 4.79 Å². The molecule has 0 heterocycles. The van der Waals surface area contributed by atoms with Crippen molar-refractivity contribution in [3.8, 4) is 0 Å². The summed E-state index contributed by atoms with van der Waals surface area (Å²) in [6.45, 7) is 10.9. The van der Waals surface area contributed by atoms with Crippen LogP contribution in [-0.4, -0.2) is 5.78 Å². The Morgan fingerprint density at radius 3 is 2.00 bits per heavy atom. The lowest BCUT2D eigenvalue weighted by Gasteiger charge is -2.00. The van der Waals surface area contributed by atoms with Crippen molar-refractivity contribution in [1.29, 1.82) is 0 Å². The normalized spacial score (nSPS) is 13.0. The lowest BCUT2D eigenvalue weighted by atomic mass is 10.0. The topological polar surface area (TPSA) is 17.1 Å². The van der Waals surface area contributed by atoms with E-state index in [0.29, 0.717) is 11.1 Å². The van der Waals surface area contributed by atoms with Crippen molar-refractivity contribution in [3.63, 3.8) is 0 Å². The highest BCUT2D eigenvalue weighted by Crippen LogP contribution is 2.08. The third-order valence-electron chi connectivity index (χ3n) is 1.74. The Hall–Kier alpha value is -1.63. The molecule has 0 aliphatic rings. The van der Waals surface area contributed by atoms with E-state index in [4.69, 9.17) is 0 Å². The zero-order valence-electron chi connectivity index (χ0n) is 8.79. The van der Waals surface area contributed by atoms with Gasteiger partial charge in [0.1, 0.15) is 0 Å². The van der Waals surface area contributed by atoms with Crippen molar-refractivity contribution in [2.75, 3.05) is 0 Å². The van der Waals surface area contributed by atoms with E-state index in [1.54, 1.807) is 24.3 Å². The molecule has 0 aromatic carbocycles. The molecule has 0 unspecified atom stereocenters. The molecular formula is C13H16O. The van der Waals surface area contributed by atoms with Crippen molar-refractivity contribution < 1.29 is 4.79 Å². The minimum absolute atomic E-state index is 0.0457. The van der Waals surface area contributed by atoms with E-state index in [9.17, 15) is 4.79 Å². The molecule has 0 amide bonds. The molecule has 0 bridgehead atoms. The van der Waals surface area contributed by atoms with Crippen molar-refractivity contribution in [2.24, 2.45) is 0 Å². The SMILES string of the molecule is C=C/C(=C\C)C(=O)/C(C=C)=C/C=C/C. The maximum absolute atomic E-state index is 11.7. The van der Waals surface area contributed by atoms with E-state index in [1.165, 1.54) is 0 Å². The van der Waals surface area contributed by atoms with Crippen molar-refractivity contribution in [3.05, 3.63) is 60.8 Å². The molecule has 1 nitrogen and oxygen atoms in total. The van der Waals surface area contributed by atoms with E-state index < -0.39 is 0 Å². The predicted molar refractivity (Wildman–Crippen MR) is 62.1 cm³/mol. The molecular weight excluding hydrogens is 172 g/mol. The molecule has 0 aliphatic heterocycles. The molecule has 0 aliphatic carbocycles. The number of ketones is 1. The van der Waals surface area contributed by atoms with Gasteiger partial charge in [0.25, 0.3) is 0 Å². The number of carbonyl (C=O) groups excluding carboxylic acids is 1. The first-order valence-corrected chi connectivity index (χ1v) is 4.50. The summed E-state index contributed by atoms with van der Waals surface area (Å²) in [7, 11) is 0. The van der Waals surface area contributed by atoms with Gasteiger partial charge >= 0.3 is 0 Å². The Kier molecular flexibility index (Phi) is 6.04. The Bertz CT molecular complexity index is 314. The van der Waals surface area contributed by atoms with Gasteiger partial charge in [-0.1, -0.05) is 49.6 Å². The maximum Gasteiger partial charge on any atom is 0.192 e. The van der Waals surface area contributed by atoms with Crippen LogP contribution < -0.4 is 0 Å². The first kappa shape index (κ1) is 12.4. The monoisotopic (exact) mass is 188 g/mol. The minimum atomic E-state index is -0.0457. The molecule has 0 saturated carbocycles. The second-order valence-corrected chi connectivity index (χ2v) is 2.63. The predicted octanol–water partition coefficient (Wildman–Crippen LogP) is 3.38. The van der Waals surface area contributed by atoms with Crippen LogP contribution in [0.3, 0.4) is 0 Å². The summed E-state index contributed by atoms with van der Waals surface area (Å²) in [5.41, 5.74) is 1.18. The van der Waals surface area contributed by atoms with E-state index in [1.807, 2.05) is 26.0 Å². The first-order valence-electron chi connectivity index (χ1n) is 4.50. The Morgan fingerprint density at radius 2 is 1.64 bits per heavy atom. The maximum atomic E-state index is 11.7. The average Bonchev–Trinajstić information content (AvgIpc) is 2.21. The van der Waals surface area contributed by atoms with Crippen molar-refractivity contribution >= 4 is 5.78 Å². The van der Waals surface area contributed by atoms with Gasteiger partial charge in [-0.05, 0) is 13.8 Å². The van der Waals surface area contributed by atoms with Crippen LogP contribution in [0, 0.1) is 0 Å². The summed E-state index contributed by atoms with van der Waals surface area (Å²) in [4.78, 5) is 11.7. The van der Waals surface area contributed by atoms with Crippen LogP contribution in [0.4, 0.5) is 0 Å². The van der Waals surface area contributed by atoms with Gasteiger partial charge in [-0.15, -0.1) is 0 Å². The zero-order valence-corrected chi connectivity index (χ0v) is 8.79. The lowest BCUT2D eigenvalue weighted by molar-refractivity contribution is -0.111. The standard InChI is InChI=1S/C13H16O/c1-5-9-10-12(8-4)13(14)11(6-2)7-3/h5-10H,2,4H2,1,3H3/b9-5+,11-7+,12-10+. The summed E-state index contributed by atoms with van der Waals surface area (Å²) in [5, 5.41) is 0. The quantitative estimate of drug-likeness (QED) is 0.477. The van der Waals surface area contributed by atoms with E-state index in [-0.39, 0.29) is 5.78 Å². The molecule has 0 aromatic heterocycles. The van der Waals surface area contributed by atoms with Gasteiger partial charge < -0.3 is 0 Å². The molecule has 0 fully saturated rings. The Labute approximate surface area is 85.8 Å². The van der Waals surface area contributed by atoms with Crippen LogP contribution in [0.25, 0.3) is 0 Å². The zero-order chi connectivity index (χ0) is 11.0. The molecule has 0 rings (SSSR count). The fourth-order valence-corrected chi connectivity index (χ4v) is 0.945. The third-order valence-corrected chi connectivity index (χ3v) is 1.74. The Balaban J connectivity index is 4.97. The molecule has 74 valence electrons. The van der Waals surface area contributed by atoms with Gasteiger partial charge in [0.15, 0.2) is 5.78 Å². The number of carbonyl (C=O) groups is 1. The minimum Gasteiger partial charge on any atom is -0.289 e. The molecule has 0 atom stereocenters. The van der Waals surface area contributed by atoms with Crippen LogP contribution in [0.1, 0.15) is 13.8 Å². The highest BCUT2D eigenvalue weighted by molar-refractivity contribution is 6.11. The molecule has 0 spiro atoms. The molecule has 0 aromatic rings. The van der Waals surface area contributed by atoms with Crippen LogP contribution in [0.15, 0.2) is 60.8 Å². The van der Waals surface area contributed by atoms with Crippen molar-refractivity contribution in [2.45, 2.75) is 13.8 Å². The molecule has 14 heavy (non-hydrogen) atoms. The second-order valence-electron chi connectivity index (χ2n) is 2.63. The summed E-state index contributed by atoms with van der Waals surface area (Å²) in [5.74, 6) is -0.0457. The fourth-order valence-electron chi connectivity index (χ4n) is 0.945. The second kappa shape index (κ2) is 6.84. The number of hydrogen-bond donors (Lipinski definition) is 0. The van der Waals surface area contributed by atoms with Gasteiger partial charge in [0.2, 0.25) is 0 Å². The van der Waals surface area contributed by atoms with Crippen LogP contribution in [0.2, 0.25) is 0 Å². The largest absolute Gasteiger partial charge is 0.289 e. The van der Waals surface area contributed by atoms with Crippen LogP contribution in [0.5, 0.6) is 0 Å². The highest BCUT2D eigenvalue weighted by atomic mass is 16.1. The summed E-state index contributed by atoms with van der Waals surface area (Å²) >= 11 is 0. The molecule has 1 heteroatoms. The van der Waals surface area contributed by atoms with E-state index in [0.717, 1.165) is 0 Å². The first-order chi connectivity index (χ1) is 6.71. The Morgan fingerprint density at radius 1 is 1.07 bits per heavy atom. The average molecular weight is 188 g/mol. The van der Waals surface area contributed by atoms with Crippen molar-refractivity contribution in [1.82, 2.24) is 0 Å². The summed E-state index contributed by atoms with van der Waals surface area (Å²) in [6.07, 6.45) is 10.3. The van der Waals surface area contributed by atoms with Gasteiger partial charge in [-0.2, -0.15) is 0 Å². The number of Topliss-reactive ketones (excluding diaryl/α,β-unsaturated/α-hetero) is 1. The van der Waals surface area contributed by atoms with Gasteiger partial charge in [0.05, 0.1) is 0 Å². The van der Waals surface area contributed by atoms with Gasteiger partial charge in [-0.25, -0.2) is 0 Å². The number of hydrogen-bond acceptors (Lipinski definition) is 1. The fraction of sp³-hybridized carbons (Fsp3) is 0.154. The van der Waals surface area contributed by atoms with Gasteiger partial charge in [-0.3, -0.25) is 4.79 Å². The molecule has 0 saturated heterocycles. The summed E-state index contributed by atoms with van der Waals surface area (Å²) in [6, 6.07) is 0. The third kappa shape index (κ3) is 3.40. The number of allylic oxidation sites excluding steroid dienone is 8. The number of rotatable bonds is 5. The smallest absolute Gasteiger partial charge is 0.192 e. The van der Waals surface area contributed by atoms with E-state index in [2.05, 4.69) is 13.2 Å². The molecule has 0 N–H and O–H groups in total. The summed E-state index contributed by atoms with van der Waals surface area (Å²) < 4.78 is 0. The highest BCUT2D eigenvalue weighted by Gasteiger charge is 2.07.